The van der Waals surface area contributed by atoms with Gasteiger partial charge in [0.25, 0.3) is 0 Å². The van der Waals surface area contributed by atoms with Crippen LogP contribution in [0.4, 0.5) is 0 Å². The molecule has 0 aliphatic rings. The topological polar surface area (TPSA) is 28.7 Å². The molecular weight excluding hydrogens is 213 g/mol. The molecule has 0 atom stereocenters. The molecule has 2 aromatic rings. The van der Waals surface area contributed by atoms with Crippen LogP contribution in [0.2, 0.25) is 0 Å². The molecule has 0 fully saturated rings. The Labute approximate surface area is 90.3 Å². The van der Waals surface area contributed by atoms with Gasteiger partial charge in [-0.25, -0.2) is 0 Å². The van der Waals surface area contributed by atoms with Crippen molar-refractivity contribution < 1.29 is 32.7 Å². The summed E-state index contributed by atoms with van der Waals surface area (Å²) in [5, 5.41) is 0. The molecular formula is C8H7N2Y-. The molecule has 2 nitrogen and oxygen atoms in total. The van der Waals surface area contributed by atoms with Crippen LogP contribution < -0.4 is 0 Å². The first-order valence-corrected chi connectivity index (χ1v) is 3.19. The number of imidazole rings is 1. The third-order valence-electron chi connectivity index (χ3n) is 1.61. The van der Waals surface area contributed by atoms with Crippen molar-refractivity contribution in [1.29, 1.82) is 0 Å². The van der Waals surface area contributed by atoms with E-state index in [1.807, 2.05) is 25.1 Å². The van der Waals surface area contributed by atoms with Crippen LogP contribution in [0.15, 0.2) is 18.2 Å². The van der Waals surface area contributed by atoms with E-state index in [2.05, 4.69) is 16.3 Å². The van der Waals surface area contributed by atoms with Crippen LogP contribution in [0.25, 0.3) is 11.0 Å². The van der Waals surface area contributed by atoms with Gasteiger partial charge in [0.05, 0.1) is 0 Å². The van der Waals surface area contributed by atoms with Crippen molar-refractivity contribution in [2.45, 2.75) is 6.92 Å². The molecule has 0 bridgehead atoms. The van der Waals surface area contributed by atoms with Crippen LogP contribution >= 0.6 is 0 Å². The van der Waals surface area contributed by atoms with Crippen molar-refractivity contribution in [1.82, 2.24) is 9.97 Å². The van der Waals surface area contributed by atoms with Gasteiger partial charge in [-0.2, -0.15) is 0 Å². The minimum absolute atomic E-state index is 0. The molecule has 53 valence electrons. The Bertz CT molecular complexity index is 354. The Balaban J connectivity index is 0.000000605. The average Bonchev–Trinajstić information content (AvgIpc) is 2.36. The zero-order valence-corrected chi connectivity index (χ0v) is 9.09. The maximum absolute atomic E-state index is 4.00. The van der Waals surface area contributed by atoms with Gasteiger partial charge in [-0.1, -0.05) is 35.7 Å². The molecule has 1 aromatic heterocycles. The van der Waals surface area contributed by atoms with E-state index in [0.717, 1.165) is 11.0 Å². The van der Waals surface area contributed by atoms with E-state index in [9.17, 15) is 0 Å². The maximum atomic E-state index is 4.00. The van der Waals surface area contributed by atoms with Gasteiger partial charge in [0, 0.05) is 32.7 Å². The minimum Gasteiger partial charge on any atom is -0.460 e. The van der Waals surface area contributed by atoms with Gasteiger partial charge in [-0.05, 0) is 6.33 Å². The number of hydrogen-bond acceptors (Lipinski definition) is 1. The normalized spacial score (nSPS) is 9.55. The predicted octanol–water partition coefficient (Wildman–Crippen LogP) is 1.67. The predicted molar refractivity (Wildman–Crippen MR) is 39.7 cm³/mol. The van der Waals surface area contributed by atoms with Crippen molar-refractivity contribution >= 4 is 11.0 Å². The molecule has 0 amide bonds. The first-order chi connectivity index (χ1) is 4.88. The van der Waals surface area contributed by atoms with Crippen molar-refractivity contribution in [3.63, 3.8) is 0 Å². The number of nitrogens with one attached hydrogen (secondary N) is 1. The third-order valence-corrected chi connectivity index (χ3v) is 1.61. The van der Waals surface area contributed by atoms with Crippen LogP contribution in [-0.4, -0.2) is 9.97 Å². The molecule has 0 aliphatic heterocycles. The van der Waals surface area contributed by atoms with Crippen LogP contribution in [0, 0.1) is 13.3 Å². The van der Waals surface area contributed by atoms with E-state index >= 15 is 0 Å². The minimum atomic E-state index is 0. The Morgan fingerprint density at radius 3 is 3.00 bits per heavy atom. The molecule has 0 saturated heterocycles. The number of para-hydroxylation sites is 1. The number of nitrogens with zero attached hydrogens (tertiary/aromatic N) is 1. The molecule has 3 heteroatoms. The third kappa shape index (κ3) is 1.52. The van der Waals surface area contributed by atoms with Gasteiger partial charge in [-0.3, -0.25) is 0 Å². The Hall–Kier alpha value is -0.206. The summed E-state index contributed by atoms with van der Waals surface area (Å²) in [4.78, 5) is 6.95. The number of benzene rings is 1. The van der Waals surface area contributed by atoms with E-state index in [0.29, 0.717) is 0 Å². The Morgan fingerprint density at radius 1 is 1.45 bits per heavy atom. The van der Waals surface area contributed by atoms with Crippen molar-refractivity contribution in [3.8, 4) is 0 Å². The standard InChI is InChI=1S/C8H7N2.Y/c1-6-3-2-4-7-8(6)10-5-9-7;/h2-4H,1H3,(H,9,10);/q-1;. The summed E-state index contributed by atoms with van der Waals surface area (Å²) in [5.74, 6) is 0. The van der Waals surface area contributed by atoms with Crippen molar-refractivity contribution in [2.24, 2.45) is 0 Å². The van der Waals surface area contributed by atoms with Gasteiger partial charge in [0.1, 0.15) is 0 Å². The number of rotatable bonds is 0. The summed E-state index contributed by atoms with van der Waals surface area (Å²) < 4.78 is 0. The van der Waals surface area contributed by atoms with E-state index in [1.54, 1.807) is 0 Å². The van der Waals surface area contributed by atoms with Gasteiger partial charge < -0.3 is 9.97 Å². The second kappa shape index (κ2) is 3.46. The zero-order chi connectivity index (χ0) is 6.97. The summed E-state index contributed by atoms with van der Waals surface area (Å²) in [6, 6.07) is 6.01. The van der Waals surface area contributed by atoms with Crippen molar-refractivity contribution in [2.75, 3.05) is 0 Å². The van der Waals surface area contributed by atoms with Gasteiger partial charge >= 0.3 is 0 Å². The van der Waals surface area contributed by atoms with Crippen LogP contribution in [0.1, 0.15) is 5.56 Å². The fourth-order valence-corrected chi connectivity index (χ4v) is 1.05. The monoisotopic (exact) mass is 220 g/mol. The fourth-order valence-electron chi connectivity index (χ4n) is 1.05. The summed E-state index contributed by atoms with van der Waals surface area (Å²) >= 11 is 0. The molecule has 1 aromatic carbocycles. The molecule has 0 saturated carbocycles. The average molecular weight is 220 g/mol. The summed E-state index contributed by atoms with van der Waals surface area (Å²) in [5.41, 5.74) is 3.29. The van der Waals surface area contributed by atoms with Crippen LogP contribution in [0.5, 0.6) is 0 Å². The molecule has 2 rings (SSSR count). The molecule has 11 heavy (non-hydrogen) atoms. The molecule has 1 radical (unpaired) electrons. The second-order valence-electron chi connectivity index (χ2n) is 2.32. The maximum Gasteiger partial charge on any atom is 0 e. The molecule has 0 spiro atoms. The Kier molecular flexibility index (Phi) is 2.80. The SMILES string of the molecule is Cc1cccc2n[c-][nH]c12.[Y]. The summed E-state index contributed by atoms with van der Waals surface area (Å²) in [7, 11) is 0. The molecule has 1 N–H and O–H groups in total. The first kappa shape index (κ1) is 8.89. The number of aryl methyl sites for hydroxylation is 1. The quantitative estimate of drug-likeness (QED) is 0.672. The summed E-state index contributed by atoms with van der Waals surface area (Å²) in [6.45, 7) is 2.05. The molecule has 1 heterocycles. The van der Waals surface area contributed by atoms with Gasteiger partial charge in [0.15, 0.2) is 0 Å². The summed E-state index contributed by atoms with van der Waals surface area (Å²) in [6.07, 6.45) is 2.70. The van der Waals surface area contributed by atoms with Crippen LogP contribution in [-0.2, 0) is 32.7 Å². The largest absolute Gasteiger partial charge is 0.460 e. The van der Waals surface area contributed by atoms with Gasteiger partial charge in [0.2, 0.25) is 0 Å². The van der Waals surface area contributed by atoms with Crippen molar-refractivity contribution in [3.05, 3.63) is 30.1 Å². The zero-order valence-electron chi connectivity index (χ0n) is 6.26. The molecule has 0 unspecified atom stereocenters. The number of H-pyrrole nitrogens is 1. The second-order valence-corrected chi connectivity index (χ2v) is 2.32. The van der Waals surface area contributed by atoms with Crippen LogP contribution in [0.3, 0.4) is 0 Å². The smallest absolute Gasteiger partial charge is 0 e. The van der Waals surface area contributed by atoms with E-state index < -0.39 is 0 Å². The number of hydrogen-bond donors (Lipinski definition) is 1. The van der Waals surface area contributed by atoms with E-state index in [1.165, 1.54) is 5.56 Å². The van der Waals surface area contributed by atoms with E-state index in [4.69, 9.17) is 0 Å². The number of aromatic amines is 1. The fraction of sp³-hybridized carbons (Fsp3) is 0.125. The number of fused-ring (bicyclic) bond motifs is 1. The molecule has 0 aliphatic carbocycles. The first-order valence-electron chi connectivity index (χ1n) is 3.19. The Morgan fingerprint density at radius 2 is 2.27 bits per heavy atom. The number of aromatic nitrogens is 2. The van der Waals surface area contributed by atoms with E-state index in [-0.39, 0.29) is 32.7 Å². The van der Waals surface area contributed by atoms with Gasteiger partial charge in [-0.15, -0.1) is 6.07 Å².